The lowest BCUT2D eigenvalue weighted by molar-refractivity contribution is 1.15. The summed E-state index contributed by atoms with van der Waals surface area (Å²) < 4.78 is 4.85. The molecule has 10 rings (SSSR count). The highest BCUT2D eigenvalue weighted by Gasteiger charge is 2.20. The molecule has 0 atom stereocenters. The minimum absolute atomic E-state index is 0.899. The van der Waals surface area contributed by atoms with Crippen LogP contribution in [0.3, 0.4) is 0 Å². The summed E-state index contributed by atoms with van der Waals surface area (Å²) in [5, 5.41) is 7.35. The summed E-state index contributed by atoms with van der Waals surface area (Å²) >= 11 is 0. The molecule has 0 spiro atoms. The van der Waals surface area contributed by atoms with Crippen molar-refractivity contribution in [2.24, 2.45) is 0 Å². The van der Waals surface area contributed by atoms with Crippen molar-refractivity contribution in [3.63, 3.8) is 0 Å². The third-order valence-electron chi connectivity index (χ3n) is 9.56. The van der Waals surface area contributed by atoms with E-state index < -0.39 is 0 Å². The zero-order chi connectivity index (χ0) is 31.6. The fraction of sp³-hybridized carbons (Fsp3) is 0. The SMILES string of the molecule is C1=C=CC(c2cc(-n3c4ccccc4c4cc5c(cc43)c3ccccc3n5-c3cccc4ccccc34)cc(-c3ccccc3)n2)=CC=1. The summed E-state index contributed by atoms with van der Waals surface area (Å²) in [6, 6.07) is 52.4. The molecule has 0 aliphatic heterocycles. The van der Waals surface area contributed by atoms with E-state index in [1.54, 1.807) is 0 Å². The number of hydrogen-bond donors (Lipinski definition) is 0. The molecule has 0 unspecified atom stereocenters. The highest BCUT2D eigenvalue weighted by atomic mass is 15.0. The number of nitrogens with zero attached hydrogens (tertiary/aromatic N) is 3. The van der Waals surface area contributed by atoms with Crippen LogP contribution in [0, 0.1) is 0 Å². The summed E-state index contributed by atoms with van der Waals surface area (Å²) in [5.41, 5.74) is 17.0. The minimum atomic E-state index is 0.899. The average Bonchev–Trinajstić information content (AvgIpc) is 3.66. The van der Waals surface area contributed by atoms with E-state index in [0.717, 1.165) is 39.2 Å². The second-order valence-electron chi connectivity index (χ2n) is 12.3. The van der Waals surface area contributed by atoms with Crippen molar-refractivity contribution in [2.75, 3.05) is 0 Å². The van der Waals surface area contributed by atoms with Gasteiger partial charge in [0.1, 0.15) is 0 Å². The molecule has 222 valence electrons. The van der Waals surface area contributed by atoms with Crippen molar-refractivity contribution in [1.29, 1.82) is 0 Å². The van der Waals surface area contributed by atoms with Crippen LogP contribution in [-0.4, -0.2) is 14.1 Å². The van der Waals surface area contributed by atoms with Gasteiger partial charge in [-0.15, -0.1) is 0 Å². The Balaban J connectivity index is 1.32. The molecule has 9 aromatic rings. The van der Waals surface area contributed by atoms with E-state index in [9.17, 15) is 0 Å². The Hall–Kier alpha value is -6.63. The number of fused-ring (bicyclic) bond motifs is 7. The van der Waals surface area contributed by atoms with E-state index in [1.807, 2.05) is 18.2 Å². The Kier molecular flexibility index (Phi) is 5.79. The molecule has 0 bridgehead atoms. The van der Waals surface area contributed by atoms with E-state index in [4.69, 9.17) is 4.98 Å². The van der Waals surface area contributed by atoms with Crippen LogP contribution in [0.4, 0.5) is 0 Å². The van der Waals surface area contributed by atoms with Gasteiger partial charge in [-0.05, 0) is 66.1 Å². The molecular weight excluding hydrogens is 583 g/mol. The molecule has 0 saturated heterocycles. The highest BCUT2D eigenvalue weighted by Crippen LogP contribution is 2.41. The first kappa shape index (κ1) is 26.6. The summed E-state index contributed by atoms with van der Waals surface area (Å²) in [5.74, 6) is 0. The van der Waals surface area contributed by atoms with Gasteiger partial charge in [0, 0.05) is 38.1 Å². The minimum Gasteiger partial charge on any atom is -0.309 e. The first-order valence-corrected chi connectivity index (χ1v) is 16.2. The normalized spacial score (nSPS) is 12.6. The van der Waals surface area contributed by atoms with Gasteiger partial charge in [0.25, 0.3) is 0 Å². The number of rotatable bonds is 4. The molecule has 1 aliphatic rings. The van der Waals surface area contributed by atoms with Crippen molar-refractivity contribution in [1.82, 2.24) is 14.1 Å². The van der Waals surface area contributed by atoms with E-state index in [-0.39, 0.29) is 0 Å². The predicted octanol–water partition coefficient (Wildman–Crippen LogP) is 11.4. The average molecular weight is 610 g/mol. The quantitative estimate of drug-likeness (QED) is 0.182. The molecule has 0 amide bonds. The molecule has 1 aliphatic carbocycles. The summed E-state index contributed by atoms with van der Waals surface area (Å²) in [7, 11) is 0. The molecular formula is C45H27N3. The molecule has 0 fully saturated rings. The topological polar surface area (TPSA) is 22.8 Å². The number of para-hydroxylation sites is 2. The second-order valence-corrected chi connectivity index (χ2v) is 12.3. The standard InChI is InChI=1S/C45H27N3/c1-3-15-31(16-4-1)39-26-33(27-40(46-39)32-17-5-2-6-18-32)47-42-23-11-9-21-35(42)37-29-45-38(28-44(37)47)36-22-10-12-24-43(36)48(45)41-25-13-19-30-14-7-8-20-34(30)41/h1,3-5,7-29H. The number of hydrogen-bond acceptors (Lipinski definition) is 1. The third-order valence-corrected chi connectivity index (χ3v) is 9.56. The van der Waals surface area contributed by atoms with Gasteiger partial charge in [0.15, 0.2) is 0 Å². The Morgan fingerprint density at radius 1 is 0.458 bits per heavy atom. The predicted molar refractivity (Wildman–Crippen MR) is 200 cm³/mol. The fourth-order valence-corrected chi connectivity index (χ4v) is 7.43. The lowest BCUT2D eigenvalue weighted by Gasteiger charge is -2.14. The molecule has 6 aromatic carbocycles. The van der Waals surface area contributed by atoms with E-state index in [0.29, 0.717) is 0 Å². The summed E-state index contributed by atoms with van der Waals surface area (Å²) in [6.07, 6.45) is 5.90. The Labute approximate surface area is 276 Å². The van der Waals surface area contributed by atoms with Gasteiger partial charge in [-0.2, -0.15) is 0 Å². The van der Waals surface area contributed by atoms with Crippen molar-refractivity contribution >= 4 is 60.0 Å². The van der Waals surface area contributed by atoms with Gasteiger partial charge in [0.2, 0.25) is 0 Å². The van der Waals surface area contributed by atoms with E-state index in [2.05, 4.69) is 166 Å². The van der Waals surface area contributed by atoms with Gasteiger partial charge >= 0.3 is 0 Å². The maximum absolute atomic E-state index is 5.15. The van der Waals surface area contributed by atoms with Crippen LogP contribution in [0.25, 0.3) is 82.6 Å². The molecule has 3 aromatic heterocycles. The Morgan fingerprint density at radius 2 is 1.08 bits per heavy atom. The van der Waals surface area contributed by atoms with Crippen LogP contribution in [0.2, 0.25) is 0 Å². The van der Waals surface area contributed by atoms with Crippen LogP contribution < -0.4 is 0 Å². The first-order chi connectivity index (χ1) is 23.8. The van der Waals surface area contributed by atoms with Crippen molar-refractivity contribution in [3.8, 4) is 22.6 Å². The summed E-state index contributed by atoms with van der Waals surface area (Å²) in [4.78, 5) is 5.15. The maximum atomic E-state index is 5.15. The lowest BCUT2D eigenvalue weighted by atomic mass is 10.1. The Morgan fingerprint density at radius 3 is 1.83 bits per heavy atom. The van der Waals surface area contributed by atoms with Crippen LogP contribution >= 0.6 is 0 Å². The highest BCUT2D eigenvalue weighted by molar-refractivity contribution is 6.19. The van der Waals surface area contributed by atoms with Crippen LogP contribution in [0.15, 0.2) is 175 Å². The number of aromatic nitrogens is 3. The smallest absolute Gasteiger partial charge is 0.0737 e. The fourth-order valence-electron chi connectivity index (χ4n) is 7.43. The largest absolute Gasteiger partial charge is 0.309 e. The van der Waals surface area contributed by atoms with Gasteiger partial charge in [-0.1, -0.05) is 115 Å². The molecule has 3 heterocycles. The monoisotopic (exact) mass is 609 g/mol. The molecule has 48 heavy (non-hydrogen) atoms. The van der Waals surface area contributed by atoms with Gasteiger partial charge in [-0.3, -0.25) is 0 Å². The van der Waals surface area contributed by atoms with Gasteiger partial charge in [-0.25, -0.2) is 4.98 Å². The van der Waals surface area contributed by atoms with Crippen molar-refractivity contribution < 1.29 is 0 Å². The summed E-state index contributed by atoms with van der Waals surface area (Å²) in [6.45, 7) is 0. The van der Waals surface area contributed by atoms with Crippen LogP contribution in [0.1, 0.15) is 5.69 Å². The first-order valence-electron chi connectivity index (χ1n) is 16.2. The molecule has 0 saturated carbocycles. The van der Waals surface area contributed by atoms with E-state index >= 15 is 0 Å². The number of benzene rings is 6. The molecule has 3 heteroatoms. The lowest BCUT2D eigenvalue weighted by Crippen LogP contribution is -2.00. The molecule has 0 radical (unpaired) electrons. The zero-order valence-electron chi connectivity index (χ0n) is 25.9. The number of pyridine rings is 1. The molecule has 0 N–H and O–H groups in total. The number of allylic oxidation sites excluding steroid dienone is 4. The molecule has 3 nitrogen and oxygen atoms in total. The van der Waals surface area contributed by atoms with Crippen molar-refractivity contribution in [3.05, 3.63) is 181 Å². The van der Waals surface area contributed by atoms with Crippen molar-refractivity contribution in [2.45, 2.75) is 0 Å². The van der Waals surface area contributed by atoms with Gasteiger partial charge in [0.05, 0.1) is 44.8 Å². The zero-order valence-corrected chi connectivity index (χ0v) is 25.9. The second kappa shape index (κ2) is 10.5. The van der Waals surface area contributed by atoms with Crippen LogP contribution in [0.5, 0.6) is 0 Å². The van der Waals surface area contributed by atoms with E-state index in [1.165, 1.54) is 49.0 Å². The van der Waals surface area contributed by atoms with Crippen LogP contribution in [-0.2, 0) is 0 Å². The Bertz CT molecular complexity index is 2900. The van der Waals surface area contributed by atoms with Gasteiger partial charge < -0.3 is 9.13 Å². The third kappa shape index (κ3) is 4.00. The maximum Gasteiger partial charge on any atom is 0.0737 e.